The quantitative estimate of drug-likeness (QED) is 0.858. The highest BCUT2D eigenvalue weighted by Gasteiger charge is 2.21. The van der Waals surface area contributed by atoms with Crippen LogP contribution in [0.5, 0.6) is 0 Å². The fraction of sp³-hybridized carbons (Fsp3) is 0.600. The molecule has 1 aliphatic heterocycles. The summed E-state index contributed by atoms with van der Waals surface area (Å²) in [7, 11) is -5.78. The van der Waals surface area contributed by atoms with Crippen molar-refractivity contribution in [1.29, 1.82) is 0 Å². The van der Waals surface area contributed by atoms with Gasteiger partial charge in [0, 0.05) is 34.6 Å². The molecule has 0 bridgehead atoms. The van der Waals surface area contributed by atoms with Crippen LogP contribution in [0.3, 0.4) is 0 Å². The van der Waals surface area contributed by atoms with Crippen molar-refractivity contribution in [3.8, 4) is 0 Å². The van der Waals surface area contributed by atoms with Crippen LogP contribution < -0.4 is 0 Å². The molecule has 0 saturated carbocycles. The molecule has 3 nitrogen and oxygen atoms in total. The standard InChI is InChI=1S/C15H23NO2S/c1-3-9-16-10-5-7-14(12-16)13-6-4-8-15(11-13)19(2,17)18/h4,6,8,11,14H,3,5,7,9-10,12H2,1-2H3/t14-/m0/s1/i2D3,3D2,4D,5D2,6D,7D2,8D,9D2,10D2,11D,12D2,14D. The van der Waals surface area contributed by atoms with Crippen molar-refractivity contribution in [2.24, 2.45) is 0 Å². The topological polar surface area (TPSA) is 37.4 Å². The summed E-state index contributed by atoms with van der Waals surface area (Å²) in [4.78, 5) is -2.60. The average molecular weight is 302 g/mol. The lowest BCUT2D eigenvalue weighted by Gasteiger charge is -2.32. The minimum Gasteiger partial charge on any atom is -0.303 e. The normalized spacial score (nSPS) is 53.5. The maximum absolute atomic E-state index is 12.8. The van der Waals surface area contributed by atoms with E-state index in [2.05, 4.69) is 0 Å². The molecular weight excluding hydrogens is 258 g/mol. The molecule has 1 saturated heterocycles. The lowest BCUT2D eigenvalue weighted by Crippen LogP contribution is -2.34. The predicted octanol–water partition coefficient (Wildman–Crippen LogP) is 2.68. The number of hydrogen-bond acceptors (Lipinski definition) is 3. The van der Waals surface area contributed by atoms with Gasteiger partial charge in [0.25, 0.3) is 0 Å². The largest absolute Gasteiger partial charge is 0.303 e. The Labute approximate surface area is 144 Å². The maximum atomic E-state index is 12.8. The van der Waals surface area contributed by atoms with Gasteiger partial charge in [-0.25, -0.2) is 8.42 Å². The molecule has 1 heterocycles. The second-order valence-electron chi connectivity index (χ2n) is 3.25. The zero-order chi connectivity index (χ0) is 31.5. The maximum Gasteiger partial charge on any atom is 0.175 e. The molecule has 0 amide bonds. The van der Waals surface area contributed by atoms with Crippen molar-refractivity contribution >= 4 is 9.84 Å². The molecule has 19 heavy (non-hydrogen) atoms. The lowest BCUT2D eigenvalue weighted by atomic mass is 9.90. The third kappa shape index (κ3) is 3.80. The zero-order valence-corrected chi connectivity index (χ0v) is 10.5. The van der Waals surface area contributed by atoms with Crippen molar-refractivity contribution in [1.82, 2.24) is 4.90 Å². The summed E-state index contributed by atoms with van der Waals surface area (Å²) in [6.07, 6.45) is -15.7. The minimum atomic E-state index is -5.78. The van der Waals surface area contributed by atoms with Gasteiger partial charge in [-0.05, 0) is 55.7 Å². The number of likely N-dealkylation sites (tertiary alicyclic amines) is 1. The number of rotatable bonds is 4. The van der Waals surface area contributed by atoms with Crippen LogP contribution in [0.1, 0.15) is 64.9 Å². The summed E-state index contributed by atoms with van der Waals surface area (Å²) >= 11 is 0. The van der Waals surface area contributed by atoms with Crippen LogP contribution in [0.15, 0.2) is 29.1 Å². The Morgan fingerprint density at radius 1 is 1.68 bits per heavy atom. The van der Waals surface area contributed by atoms with Crippen LogP contribution in [-0.2, 0) is 9.84 Å². The lowest BCUT2D eigenvalue weighted by molar-refractivity contribution is 0.208. The Balaban J connectivity index is 3.33. The molecule has 1 aliphatic rings. The zero-order valence-electron chi connectivity index (χ0n) is 29.7. The summed E-state index contributed by atoms with van der Waals surface area (Å²) in [6, 6.07) is -6.52. The van der Waals surface area contributed by atoms with Gasteiger partial charge in [-0.15, -0.1) is 0 Å². The van der Waals surface area contributed by atoms with E-state index in [1.807, 2.05) is 0 Å². The summed E-state index contributed by atoms with van der Waals surface area (Å²) < 4.78 is 187. The van der Waals surface area contributed by atoms with E-state index in [-0.39, 0.29) is 0 Å². The van der Waals surface area contributed by atoms with E-state index in [1.54, 1.807) is 0 Å². The van der Waals surface area contributed by atoms with Crippen molar-refractivity contribution < 1.29 is 35.8 Å². The Kier molecular flexibility index (Phi) is 1.11. The first-order chi connectivity index (χ1) is 16.8. The molecule has 106 valence electrons. The predicted molar refractivity (Wildman–Crippen MR) is 78.3 cm³/mol. The van der Waals surface area contributed by atoms with Crippen LogP contribution >= 0.6 is 0 Å². The van der Waals surface area contributed by atoms with Crippen LogP contribution in [0.2, 0.25) is 0 Å². The van der Waals surface area contributed by atoms with Gasteiger partial charge in [-0.2, -0.15) is 0 Å². The molecule has 1 atom stereocenters. The summed E-state index contributed by atoms with van der Waals surface area (Å²) in [6.45, 7) is -11.8. The Hall–Kier alpha value is -0.870. The molecule has 2 rings (SSSR count). The van der Waals surface area contributed by atoms with E-state index in [4.69, 9.17) is 27.4 Å². The minimum absolute atomic E-state index is 0.507. The fourth-order valence-corrected chi connectivity index (χ4v) is 1.61. The molecule has 0 aromatic heterocycles. The summed E-state index contributed by atoms with van der Waals surface area (Å²) in [5.41, 5.74) is -1.79. The van der Waals surface area contributed by atoms with E-state index >= 15 is 0 Å². The van der Waals surface area contributed by atoms with Gasteiger partial charge >= 0.3 is 0 Å². The molecule has 0 aliphatic carbocycles. The number of hydrogen-bond donors (Lipinski definition) is 0. The first kappa shape index (κ1) is 3.47. The van der Waals surface area contributed by atoms with Gasteiger partial charge in [-0.3, -0.25) is 0 Å². The van der Waals surface area contributed by atoms with Crippen LogP contribution in [0, 0.1) is 0 Å². The molecule has 0 radical (unpaired) electrons. The smallest absolute Gasteiger partial charge is 0.175 e. The highest BCUT2D eigenvalue weighted by atomic mass is 32.2. The number of nitrogens with zero attached hydrogens (tertiary/aromatic N) is 1. The monoisotopic (exact) mass is 301 g/mol. The number of benzene rings is 1. The van der Waals surface area contributed by atoms with Crippen molar-refractivity contribution in [2.45, 2.75) is 36.8 Å². The van der Waals surface area contributed by atoms with Crippen molar-refractivity contribution in [2.75, 3.05) is 25.7 Å². The Morgan fingerprint density at radius 2 is 2.53 bits per heavy atom. The third-order valence-electron chi connectivity index (χ3n) is 1.92. The van der Waals surface area contributed by atoms with Gasteiger partial charge in [0.15, 0.2) is 9.84 Å². The molecular formula is C15H23NO2S. The fourth-order valence-electron chi connectivity index (χ4n) is 1.19. The Morgan fingerprint density at radius 3 is 3.26 bits per heavy atom. The SMILES string of the molecule is [2H]c1c([2H])c([C@]2([2H])C([2H])([2H])N(C([2H])([2H])C([2H])([2H])C)C([2H])([2H])C([2H])([2H])C2([2H])[2H])c([2H])c(S(=O)(=O)C([2H])([2H])[2H])c1[2H]. The number of sulfone groups is 1. The van der Waals surface area contributed by atoms with Crippen LogP contribution in [-0.4, -0.2) is 39.0 Å². The molecule has 0 N–H and O–H groups in total. The van der Waals surface area contributed by atoms with Gasteiger partial charge in [-0.1, -0.05) is 19.0 Å². The molecule has 0 spiro atoms. The van der Waals surface area contributed by atoms with Gasteiger partial charge < -0.3 is 4.90 Å². The second-order valence-corrected chi connectivity index (χ2v) is 4.67. The average Bonchev–Trinajstić information content (AvgIpc) is 2.68. The van der Waals surface area contributed by atoms with E-state index in [1.165, 1.54) is 0 Å². The van der Waals surface area contributed by atoms with Gasteiger partial charge in [0.2, 0.25) is 0 Å². The molecule has 4 heteroatoms. The second kappa shape index (κ2) is 6.06. The molecule has 1 aromatic rings. The Bertz CT molecular complexity index is 1300. The summed E-state index contributed by atoms with van der Waals surface area (Å²) in [5.74, 6) is -4.26. The van der Waals surface area contributed by atoms with E-state index in [9.17, 15) is 8.42 Å². The van der Waals surface area contributed by atoms with Crippen molar-refractivity contribution in [3.63, 3.8) is 0 Å². The van der Waals surface area contributed by atoms with Crippen LogP contribution in [0.4, 0.5) is 0 Å². The van der Waals surface area contributed by atoms with Gasteiger partial charge in [0.05, 0.1) is 10.4 Å². The highest BCUT2D eigenvalue weighted by molar-refractivity contribution is 7.90. The molecule has 1 fully saturated rings. The van der Waals surface area contributed by atoms with E-state index in [0.29, 0.717) is 6.92 Å². The van der Waals surface area contributed by atoms with Crippen molar-refractivity contribution in [3.05, 3.63) is 29.7 Å². The molecule has 1 aromatic carbocycles. The van der Waals surface area contributed by atoms with E-state index in [0.717, 1.165) is 0 Å². The molecule has 0 unspecified atom stereocenters. The first-order valence-corrected chi connectivity index (χ1v) is 6.40. The third-order valence-corrected chi connectivity index (χ3v) is 2.66. The number of piperidine rings is 1. The van der Waals surface area contributed by atoms with Gasteiger partial charge in [0.1, 0.15) is 0 Å². The van der Waals surface area contributed by atoms with Crippen LogP contribution in [0.25, 0.3) is 0 Å². The highest BCUT2D eigenvalue weighted by Crippen LogP contribution is 2.28. The van der Waals surface area contributed by atoms with E-state index < -0.39 is 100 Å². The summed E-state index contributed by atoms with van der Waals surface area (Å²) in [5, 5.41) is 0. The first-order valence-electron chi connectivity index (χ1n) is 14.9.